The summed E-state index contributed by atoms with van der Waals surface area (Å²) in [6.07, 6.45) is 4.15. The van der Waals surface area contributed by atoms with E-state index in [2.05, 4.69) is 36.0 Å². The number of unbranched alkanes of at least 4 members (excludes halogenated alkanes) is 1. The average molecular weight is 318 g/mol. The minimum absolute atomic E-state index is 0.0679. The van der Waals surface area contributed by atoms with Gasteiger partial charge in [-0.3, -0.25) is 4.79 Å². The Morgan fingerprint density at radius 1 is 1.43 bits per heavy atom. The predicted octanol–water partition coefficient (Wildman–Crippen LogP) is 3.04. The first-order valence-corrected chi connectivity index (χ1v) is 8.89. The van der Waals surface area contributed by atoms with Crippen molar-refractivity contribution in [2.75, 3.05) is 24.5 Å². The van der Waals surface area contributed by atoms with Crippen LogP contribution in [0.15, 0.2) is 6.07 Å². The van der Waals surface area contributed by atoms with Gasteiger partial charge in [0, 0.05) is 37.3 Å². The highest BCUT2D eigenvalue weighted by Gasteiger charge is 2.26. The fourth-order valence-corrected chi connectivity index (χ4v) is 2.93. The van der Waals surface area contributed by atoms with E-state index in [9.17, 15) is 4.79 Å². The number of hydrogen-bond donors (Lipinski definition) is 1. The van der Waals surface area contributed by atoms with Crippen LogP contribution in [0, 0.1) is 12.8 Å². The van der Waals surface area contributed by atoms with Gasteiger partial charge in [-0.05, 0) is 26.2 Å². The van der Waals surface area contributed by atoms with Gasteiger partial charge in [0.25, 0.3) is 0 Å². The van der Waals surface area contributed by atoms with E-state index in [0.29, 0.717) is 5.92 Å². The number of aromatic nitrogens is 2. The summed E-state index contributed by atoms with van der Waals surface area (Å²) in [5.41, 5.74) is 0.994. The molecule has 0 aromatic carbocycles. The second-order valence-corrected chi connectivity index (χ2v) is 6.81. The maximum atomic E-state index is 12.3. The molecular weight excluding hydrogens is 288 g/mol. The van der Waals surface area contributed by atoms with Crippen LogP contribution in [0.2, 0.25) is 0 Å². The summed E-state index contributed by atoms with van der Waals surface area (Å²) in [5, 5.41) is 3.07. The first-order valence-electron chi connectivity index (χ1n) is 8.89. The fraction of sp³-hybridized carbons (Fsp3) is 0.722. The van der Waals surface area contributed by atoms with Gasteiger partial charge in [-0.15, -0.1) is 0 Å². The molecule has 2 heterocycles. The van der Waals surface area contributed by atoms with Crippen molar-refractivity contribution >= 4 is 11.7 Å². The van der Waals surface area contributed by atoms with Crippen molar-refractivity contribution in [1.29, 1.82) is 0 Å². The van der Waals surface area contributed by atoms with Gasteiger partial charge in [0.05, 0.1) is 5.92 Å². The maximum Gasteiger partial charge on any atom is 0.224 e. The molecule has 0 spiro atoms. The molecule has 1 aromatic rings. The van der Waals surface area contributed by atoms with Crippen molar-refractivity contribution in [1.82, 2.24) is 15.3 Å². The molecule has 128 valence electrons. The van der Waals surface area contributed by atoms with Gasteiger partial charge in [-0.1, -0.05) is 27.2 Å². The number of rotatable bonds is 6. The topological polar surface area (TPSA) is 58.1 Å². The van der Waals surface area contributed by atoms with Crippen molar-refractivity contribution in [3.8, 4) is 0 Å². The summed E-state index contributed by atoms with van der Waals surface area (Å²) >= 11 is 0. The molecule has 5 nitrogen and oxygen atoms in total. The lowest BCUT2D eigenvalue weighted by molar-refractivity contribution is -0.125. The molecule has 1 saturated heterocycles. The molecule has 5 heteroatoms. The Bertz CT molecular complexity index is 530. The Morgan fingerprint density at radius 3 is 2.91 bits per heavy atom. The summed E-state index contributed by atoms with van der Waals surface area (Å²) in [4.78, 5) is 23.8. The van der Waals surface area contributed by atoms with E-state index in [0.717, 1.165) is 62.7 Å². The zero-order chi connectivity index (χ0) is 16.8. The molecule has 1 aliphatic rings. The lowest BCUT2D eigenvalue weighted by Gasteiger charge is -2.33. The van der Waals surface area contributed by atoms with E-state index < -0.39 is 0 Å². The summed E-state index contributed by atoms with van der Waals surface area (Å²) < 4.78 is 0. The number of nitrogens with zero attached hydrogens (tertiary/aromatic N) is 3. The van der Waals surface area contributed by atoms with Gasteiger partial charge >= 0.3 is 0 Å². The number of anilines is 1. The molecule has 1 atom stereocenters. The molecule has 1 amide bonds. The second-order valence-electron chi connectivity index (χ2n) is 6.81. The van der Waals surface area contributed by atoms with Crippen LogP contribution in [0.3, 0.4) is 0 Å². The smallest absolute Gasteiger partial charge is 0.224 e. The Morgan fingerprint density at radius 2 is 2.22 bits per heavy atom. The van der Waals surface area contributed by atoms with Crippen LogP contribution in [-0.2, 0) is 4.79 Å². The monoisotopic (exact) mass is 318 g/mol. The third kappa shape index (κ3) is 4.91. The van der Waals surface area contributed by atoms with Gasteiger partial charge in [0.2, 0.25) is 5.91 Å². The highest BCUT2D eigenvalue weighted by atomic mass is 16.1. The SMILES string of the molecule is CCCCNC(=O)C1CCCN(c2cc(C)nc(C(C)C)n2)C1. The molecule has 0 aliphatic carbocycles. The van der Waals surface area contributed by atoms with Gasteiger partial charge in [-0.2, -0.15) is 0 Å². The van der Waals surface area contributed by atoms with E-state index in [1.807, 2.05) is 13.0 Å². The first kappa shape index (κ1) is 17.7. The van der Waals surface area contributed by atoms with E-state index in [-0.39, 0.29) is 11.8 Å². The molecule has 0 radical (unpaired) electrons. The largest absolute Gasteiger partial charge is 0.356 e. The standard InChI is InChI=1S/C18H30N4O/c1-5-6-9-19-18(23)15-8-7-10-22(12-15)16-11-14(4)20-17(21-16)13(2)3/h11,13,15H,5-10,12H2,1-4H3,(H,19,23). The summed E-state index contributed by atoms with van der Waals surface area (Å²) in [7, 11) is 0. The van der Waals surface area contributed by atoms with Gasteiger partial charge < -0.3 is 10.2 Å². The van der Waals surface area contributed by atoms with Crippen LogP contribution < -0.4 is 10.2 Å². The highest BCUT2D eigenvalue weighted by molar-refractivity contribution is 5.79. The van der Waals surface area contributed by atoms with Crippen LogP contribution in [0.5, 0.6) is 0 Å². The molecule has 23 heavy (non-hydrogen) atoms. The number of carbonyl (C=O) groups is 1. The highest BCUT2D eigenvalue weighted by Crippen LogP contribution is 2.23. The maximum absolute atomic E-state index is 12.3. The minimum atomic E-state index is 0.0679. The van der Waals surface area contributed by atoms with Crippen molar-refractivity contribution in [3.05, 3.63) is 17.6 Å². The normalized spacial score (nSPS) is 18.3. The molecule has 2 rings (SSSR count). The molecule has 1 aromatic heterocycles. The Labute approximate surface area is 139 Å². The van der Waals surface area contributed by atoms with E-state index in [4.69, 9.17) is 4.98 Å². The first-order chi connectivity index (χ1) is 11.0. The lowest BCUT2D eigenvalue weighted by atomic mass is 9.97. The van der Waals surface area contributed by atoms with Crippen molar-refractivity contribution in [3.63, 3.8) is 0 Å². The average Bonchev–Trinajstić information content (AvgIpc) is 2.54. The van der Waals surface area contributed by atoms with Crippen molar-refractivity contribution < 1.29 is 4.79 Å². The Hall–Kier alpha value is -1.65. The van der Waals surface area contributed by atoms with Crippen LogP contribution in [0.25, 0.3) is 0 Å². The van der Waals surface area contributed by atoms with E-state index >= 15 is 0 Å². The molecular formula is C18H30N4O. The second kappa shape index (κ2) is 8.27. The molecule has 1 fully saturated rings. The number of carbonyl (C=O) groups excluding carboxylic acids is 1. The third-order valence-electron chi connectivity index (χ3n) is 4.32. The molecule has 0 bridgehead atoms. The van der Waals surface area contributed by atoms with Gasteiger partial charge in [0.1, 0.15) is 11.6 Å². The van der Waals surface area contributed by atoms with Crippen LogP contribution >= 0.6 is 0 Å². The van der Waals surface area contributed by atoms with Crippen LogP contribution in [-0.4, -0.2) is 35.5 Å². The number of aryl methyl sites for hydroxylation is 1. The summed E-state index contributed by atoms with van der Waals surface area (Å²) in [5.74, 6) is 2.42. The number of piperidine rings is 1. The zero-order valence-corrected chi connectivity index (χ0v) is 14.9. The van der Waals surface area contributed by atoms with Gasteiger partial charge in [-0.25, -0.2) is 9.97 Å². The van der Waals surface area contributed by atoms with Crippen LogP contribution in [0.1, 0.15) is 63.9 Å². The van der Waals surface area contributed by atoms with Gasteiger partial charge in [0.15, 0.2) is 0 Å². The van der Waals surface area contributed by atoms with Crippen LogP contribution in [0.4, 0.5) is 5.82 Å². The summed E-state index contributed by atoms with van der Waals surface area (Å²) in [6, 6.07) is 2.03. The number of nitrogens with one attached hydrogen (secondary N) is 1. The molecule has 1 aliphatic heterocycles. The summed E-state index contributed by atoms with van der Waals surface area (Å²) in [6.45, 7) is 10.9. The number of amides is 1. The predicted molar refractivity (Wildman–Crippen MR) is 93.7 cm³/mol. The molecule has 1 unspecified atom stereocenters. The van der Waals surface area contributed by atoms with Crippen molar-refractivity contribution in [2.24, 2.45) is 5.92 Å². The molecule has 0 saturated carbocycles. The fourth-order valence-electron chi connectivity index (χ4n) is 2.93. The quantitative estimate of drug-likeness (QED) is 0.819. The van der Waals surface area contributed by atoms with E-state index in [1.165, 1.54) is 0 Å². The third-order valence-corrected chi connectivity index (χ3v) is 4.32. The Balaban J connectivity index is 2.04. The zero-order valence-electron chi connectivity index (χ0n) is 14.9. The molecule has 1 N–H and O–H groups in total. The lowest BCUT2D eigenvalue weighted by Crippen LogP contribution is -2.43. The number of hydrogen-bond acceptors (Lipinski definition) is 4. The van der Waals surface area contributed by atoms with Crippen molar-refractivity contribution in [2.45, 2.75) is 59.3 Å². The van der Waals surface area contributed by atoms with E-state index in [1.54, 1.807) is 0 Å². The Kier molecular flexibility index (Phi) is 6.37. The minimum Gasteiger partial charge on any atom is -0.356 e.